The van der Waals surface area contributed by atoms with Gasteiger partial charge in [-0.2, -0.15) is 0 Å². The lowest BCUT2D eigenvalue weighted by Gasteiger charge is -2.24. The highest BCUT2D eigenvalue weighted by atomic mass is 79.9. The molecule has 1 aliphatic heterocycles. The minimum atomic E-state index is -0.877. The van der Waals surface area contributed by atoms with Gasteiger partial charge in [-0.25, -0.2) is 4.98 Å². The van der Waals surface area contributed by atoms with Gasteiger partial charge in [-0.15, -0.1) is 11.3 Å². The van der Waals surface area contributed by atoms with Crippen molar-refractivity contribution < 1.29 is 23.8 Å². The molecule has 1 amide bonds. The van der Waals surface area contributed by atoms with Crippen LogP contribution < -0.4 is 9.64 Å². The Morgan fingerprint density at radius 3 is 2.65 bits per heavy atom. The Labute approximate surface area is 207 Å². The molecule has 0 saturated heterocycles. The van der Waals surface area contributed by atoms with E-state index in [1.807, 2.05) is 32.0 Å². The zero-order valence-electron chi connectivity index (χ0n) is 18.5. The highest BCUT2D eigenvalue weighted by Crippen LogP contribution is 2.44. The van der Waals surface area contributed by atoms with Gasteiger partial charge in [0.25, 0.3) is 5.91 Å². The zero-order valence-corrected chi connectivity index (χ0v) is 20.9. The van der Waals surface area contributed by atoms with Crippen molar-refractivity contribution in [1.82, 2.24) is 4.98 Å². The number of para-hydroxylation sites is 1. The fourth-order valence-corrected chi connectivity index (χ4v) is 5.38. The number of halogens is 1. The number of rotatable bonds is 5. The molecule has 9 heteroatoms. The Bertz CT molecular complexity index is 1480. The maximum Gasteiger partial charge on any atom is 0.296 e. The number of Topliss-reactive ketones (excluding diaryl/α,β-unsaturated/α-hetero) is 1. The number of methoxy groups -OCH3 is 1. The zero-order chi connectivity index (χ0) is 24.1. The van der Waals surface area contributed by atoms with Crippen LogP contribution in [0.1, 0.15) is 32.7 Å². The minimum absolute atomic E-state index is 0.00203. The highest BCUT2D eigenvalue weighted by Gasteiger charge is 2.46. The quantitative estimate of drug-likeness (QED) is 0.310. The number of aliphatic hydroxyl groups is 1. The standard InChI is InChI=1S/C25H19BrN2O5S/c1-12-13(2)34-25(27-12)28-20(14-6-4-8-16(26)10-14)19(22(30)24(28)31)21(29)18-11-15-7-5-9-17(32-3)23(15)33-18/h4-11,20,30H,1-3H3. The van der Waals surface area contributed by atoms with Gasteiger partial charge >= 0.3 is 0 Å². The van der Waals surface area contributed by atoms with E-state index in [2.05, 4.69) is 20.9 Å². The molecule has 0 radical (unpaired) electrons. The number of amides is 1. The molecule has 4 aromatic rings. The summed E-state index contributed by atoms with van der Waals surface area (Å²) in [6.45, 7) is 3.76. The predicted molar refractivity (Wildman–Crippen MR) is 133 cm³/mol. The Morgan fingerprint density at radius 1 is 1.21 bits per heavy atom. The van der Waals surface area contributed by atoms with Gasteiger partial charge in [-0.1, -0.05) is 40.2 Å². The molecule has 0 spiro atoms. The van der Waals surface area contributed by atoms with Crippen molar-refractivity contribution in [3.05, 3.63) is 86.2 Å². The SMILES string of the molecule is COc1cccc2cc(C(=O)C3=C(O)C(=O)N(c4nc(C)c(C)s4)C3c3cccc(Br)c3)oc12. The molecule has 0 saturated carbocycles. The number of thiazole rings is 1. The maximum absolute atomic E-state index is 13.7. The molecule has 0 aliphatic carbocycles. The van der Waals surface area contributed by atoms with Gasteiger partial charge in [-0.05, 0) is 43.7 Å². The number of benzene rings is 2. The number of aromatic nitrogens is 1. The molecule has 7 nitrogen and oxygen atoms in total. The lowest BCUT2D eigenvalue weighted by Crippen LogP contribution is -2.31. The number of carbonyl (C=O) groups is 2. The summed E-state index contributed by atoms with van der Waals surface area (Å²) >= 11 is 4.79. The van der Waals surface area contributed by atoms with E-state index in [1.54, 1.807) is 30.3 Å². The molecule has 1 atom stereocenters. The van der Waals surface area contributed by atoms with Gasteiger partial charge < -0.3 is 14.3 Å². The summed E-state index contributed by atoms with van der Waals surface area (Å²) in [6, 6.07) is 13.3. The molecule has 34 heavy (non-hydrogen) atoms. The van der Waals surface area contributed by atoms with E-state index in [0.717, 1.165) is 15.0 Å². The van der Waals surface area contributed by atoms with Gasteiger partial charge in [0.1, 0.15) is 0 Å². The Kier molecular flexibility index (Phi) is 5.53. The Hall–Kier alpha value is -3.43. The largest absolute Gasteiger partial charge is 0.503 e. The summed E-state index contributed by atoms with van der Waals surface area (Å²) in [4.78, 5) is 33.9. The fraction of sp³-hybridized carbons (Fsp3) is 0.160. The van der Waals surface area contributed by atoms with E-state index in [-0.39, 0.29) is 11.3 Å². The van der Waals surface area contributed by atoms with E-state index in [9.17, 15) is 14.7 Å². The van der Waals surface area contributed by atoms with Crippen molar-refractivity contribution in [2.75, 3.05) is 12.0 Å². The number of fused-ring (bicyclic) bond motifs is 1. The van der Waals surface area contributed by atoms with Crippen LogP contribution in [0, 0.1) is 13.8 Å². The number of aliphatic hydroxyl groups excluding tert-OH is 1. The van der Waals surface area contributed by atoms with Gasteiger partial charge in [-0.3, -0.25) is 14.5 Å². The number of anilines is 1. The van der Waals surface area contributed by atoms with E-state index in [0.29, 0.717) is 27.4 Å². The molecule has 172 valence electrons. The van der Waals surface area contributed by atoms with Crippen molar-refractivity contribution in [2.45, 2.75) is 19.9 Å². The molecule has 0 bridgehead atoms. The number of aryl methyl sites for hydroxylation is 2. The van der Waals surface area contributed by atoms with Crippen LogP contribution in [0.15, 0.2) is 68.8 Å². The van der Waals surface area contributed by atoms with Crippen LogP contribution in [0.4, 0.5) is 5.13 Å². The molecule has 5 rings (SSSR count). The smallest absolute Gasteiger partial charge is 0.296 e. The first-order valence-electron chi connectivity index (χ1n) is 10.4. The van der Waals surface area contributed by atoms with Gasteiger partial charge in [0.15, 0.2) is 28.0 Å². The van der Waals surface area contributed by atoms with Crippen LogP contribution in [0.5, 0.6) is 5.75 Å². The number of ketones is 1. The molecule has 2 aromatic carbocycles. The third-order valence-electron chi connectivity index (χ3n) is 5.79. The van der Waals surface area contributed by atoms with Crippen molar-refractivity contribution in [3.63, 3.8) is 0 Å². The topological polar surface area (TPSA) is 92.9 Å². The van der Waals surface area contributed by atoms with Crippen LogP contribution in [-0.4, -0.2) is 28.9 Å². The summed E-state index contributed by atoms with van der Waals surface area (Å²) in [6.07, 6.45) is 0. The van der Waals surface area contributed by atoms with Crippen LogP contribution >= 0.6 is 27.3 Å². The second-order valence-corrected chi connectivity index (χ2v) is 9.95. The molecule has 2 aromatic heterocycles. The summed E-state index contributed by atoms with van der Waals surface area (Å²) in [5.41, 5.74) is 1.78. The number of ether oxygens (including phenoxy) is 1. The summed E-state index contributed by atoms with van der Waals surface area (Å²) in [5.74, 6) is -1.40. The fourth-order valence-electron chi connectivity index (χ4n) is 4.03. The molecule has 3 heterocycles. The molecule has 1 N–H and O–H groups in total. The van der Waals surface area contributed by atoms with Crippen LogP contribution in [0.25, 0.3) is 11.0 Å². The van der Waals surface area contributed by atoms with E-state index < -0.39 is 23.5 Å². The molecule has 0 fully saturated rings. The molecular formula is C25H19BrN2O5S. The molecular weight excluding hydrogens is 520 g/mol. The monoisotopic (exact) mass is 538 g/mol. The van der Waals surface area contributed by atoms with E-state index in [1.165, 1.54) is 23.3 Å². The van der Waals surface area contributed by atoms with Crippen LogP contribution in [-0.2, 0) is 4.79 Å². The predicted octanol–water partition coefficient (Wildman–Crippen LogP) is 6.06. The van der Waals surface area contributed by atoms with Crippen molar-refractivity contribution in [1.29, 1.82) is 0 Å². The average Bonchev–Trinajstić information content (AvgIpc) is 3.47. The van der Waals surface area contributed by atoms with E-state index in [4.69, 9.17) is 9.15 Å². The van der Waals surface area contributed by atoms with Gasteiger partial charge in [0.2, 0.25) is 5.78 Å². The number of furan rings is 1. The average molecular weight is 539 g/mol. The van der Waals surface area contributed by atoms with Crippen molar-refractivity contribution in [3.8, 4) is 5.75 Å². The van der Waals surface area contributed by atoms with Crippen LogP contribution in [0.3, 0.4) is 0 Å². The number of hydrogen-bond acceptors (Lipinski definition) is 7. The van der Waals surface area contributed by atoms with Gasteiger partial charge in [0, 0.05) is 14.7 Å². The lowest BCUT2D eigenvalue weighted by molar-refractivity contribution is -0.117. The number of nitrogens with zero attached hydrogens (tertiary/aromatic N) is 2. The molecule has 1 unspecified atom stereocenters. The highest BCUT2D eigenvalue weighted by molar-refractivity contribution is 9.10. The lowest BCUT2D eigenvalue weighted by atomic mass is 9.95. The first-order valence-corrected chi connectivity index (χ1v) is 12.0. The second-order valence-electron chi connectivity index (χ2n) is 7.85. The first-order chi connectivity index (χ1) is 16.3. The Morgan fingerprint density at radius 2 is 1.97 bits per heavy atom. The van der Waals surface area contributed by atoms with E-state index >= 15 is 0 Å². The van der Waals surface area contributed by atoms with Gasteiger partial charge in [0.05, 0.1) is 24.4 Å². The normalized spacial score (nSPS) is 16.1. The minimum Gasteiger partial charge on any atom is -0.503 e. The third-order valence-corrected chi connectivity index (χ3v) is 7.36. The van der Waals surface area contributed by atoms with Crippen molar-refractivity contribution >= 4 is 55.1 Å². The summed E-state index contributed by atoms with van der Waals surface area (Å²) < 4.78 is 12.0. The first kappa shape index (κ1) is 22.4. The number of carbonyl (C=O) groups excluding carboxylic acids is 2. The Balaban J connectivity index is 1.67. The van der Waals surface area contributed by atoms with Crippen LogP contribution in [0.2, 0.25) is 0 Å². The summed E-state index contributed by atoms with van der Waals surface area (Å²) in [5, 5.41) is 12.0. The maximum atomic E-state index is 13.7. The molecule has 1 aliphatic rings. The second kappa shape index (κ2) is 8.41. The summed E-state index contributed by atoms with van der Waals surface area (Å²) in [7, 11) is 1.52. The third kappa shape index (κ3) is 3.52. The van der Waals surface area contributed by atoms with Crippen molar-refractivity contribution in [2.24, 2.45) is 0 Å². The number of hydrogen-bond donors (Lipinski definition) is 1.